The smallest absolute Gasteiger partial charge is 0.100 e. The van der Waals surface area contributed by atoms with Crippen molar-refractivity contribution in [2.45, 2.75) is 98.8 Å². The predicted octanol–water partition coefficient (Wildman–Crippen LogP) is 5.62. The summed E-state index contributed by atoms with van der Waals surface area (Å²) >= 11 is 0. The van der Waals surface area contributed by atoms with Crippen molar-refractivity contribution in [1.29, 1.82) is 0 Å². The number of hydrogen-bond acceptors (Lipinski definition) is 6. The molecule has 2 heterocycles. The van der Waals surface area contributed by atoms with E-state index in [0.717, 1.165) is 19.5 Å². The van der Waals surface area contributed by atoms with Crippen molar-refractivity contribution in [3.8, 4) is 0 Å². The number of rotatable bonds is 8. The Morgan fingerprint density at radius 3 is 1.74 bits per heavy atom. The maximum Gasteiger partial charge on any atom is 0.100 e. The lowest BCUT2D eigenvalue weighted by Crippen LogP contribution is -2.55. The molecule has 6 nitrogen and oxygen atoms in total. The number of likely N-dealkylation sites (N-methyl/N-ethyl adjacent to an activating group) is 1. The zero-order chi connectivity index (χ0) is 20.6. The van der Waals surface area contributed by atoms with Gasteiger partial charge in [0.15, 0.2) is 0 Å². The van der Waals surface area contributed by atoms with Crippen LogP contribution in [0.5, 0.6) is 0 Å². The Bertz CT molecular complexity index is 557. The number of nitrogens with zero attached hydrogens (tertiary/aromatic N) is 6. The highest BCUT2D eigenvalue weighted by atomic mass is 15.6. The van der Waals surface area contributed by atoms with Crippen LogP contribution >= 0.6 is 0 Å². The van der Waals surface area contributed by atoms with E-state index >= 15 is 0 Å². The molecule has 0 spiro atoms. The van der Waals surface area contributed by atoms with Gasteiger partial charge in [0, 0.05) is 13.1 Å². The number of hydrogen-bond donors (Lipinski definition) is 0. The third kappa shape index (κ3) is 3.61. The standard InChI is InChI=1S/C21H42N6/c1-11-26-21(10,16(6)7)19(23-24-26)17(8)12-13-27-20(9,15(4)5)18(14(2)3)22-25-27/h14-19H,11-13H2,1-10H3/t17?,18?,19?,20-,21-/m0/s1. The van der Waals surface area contributed by atoms with E-state index < -0.39 is 0 Å². The second kappa shape index (κ2) is 8.04. The summed E-state index contributed by atoms with van der Waals surface area (Å²) in [6.45, 7) is 24.6. The van der Waals surface area contributed by atoms with Crippen LogP contribution in [0.2, 0.25) is 0 Å². The average molecular weight is 379 g/mol. The van der Waals surface area contributed by atoms with Gasteiger partial charge >= 0.3 is 0 Å². The van der Waals surface area contributed by atoms with Gasteiger partial charge in [-0.3, -0.25) is 10.0 Å². The first-order chi connectivity index (χ1) is 12.5. The van der Waals surface area contributed by atoms with E-state index in [4.69, 9.17) is 5.11 Å². The summed E-state index contributed by atoms with van der Waals surface area (Å²) in [5, 5.41) is 22.9. The monoisotopic (exact) mass is 378 g/mol. The Labute approximate surface area is 166 Å². The van der Waals surface area contributed by atoms with Gasteiger partial charge < -0.3 is 0 Å². The molecule has 0 bridgehead atoms. The first-order valence-corrected chi connectivity index (χ1v) is 10.9. The van der Waals surface area contributed by atoms with Crippen molar-refractivity contribution in [2.24, 2.45) is 44.3 Å². The SMILES string of the molecule is CCN1N=NC(C(C)CCN2N=NC(C(C)C)[C@]2(C)C(C)C)[C@]1(C)C(C)C. The van der Waals surface area contributed by atoms with Gasteiger partial charge in [0.2, 0.25) is 0 Å². The Morgan fingerprint density at radius 1 is 0.778 bits per heavy atom. The highest BCUT2D eigenvalue weighted by molar-refractivity contribution is 5.05. The molecule has 2 aliphatic heterocycles. The second-order valence-electron chi connectivity index (χ2n) is 9.91. The molecule has 2 aliphatic rings. The molecule has 0 fully saturated rings. The summed E-state index contributed by atoms with van der Waals surface area (Å²) in [5.41, 5.74) is -0.0234. The van der Waals surface area contributed by atoms with Gasteiger partial charge in [0.25, 0.3) is 0 Å². The molecule has 0 aromatic carbocycles. The zero-order valence-electron chi connectivity index (χ0n) is 19.3. The third-order valence-corrected chi connectivity index (χ3v) is 7.48. The van der Waals surface area contributed by atoms with Gasteiger partial charge in [-0.25, -0.2) is 0 Å². The van der Waals surface area contributed by atoms with Crippen LogP contribution in [0, 0.1) is 23.7 Å². The Morgan fingerprint density at radius 2 is 1.26 bits per heavy atom. The van der Waals surface area contributed by atoms with E-state index in [1.54, 1.807) is 0 Å². The first-order valence-electron chi connectivity index (χ1n) is 10.9. The Balaban J connectivity index is 2.10. The van der Waals surface area contributed by atoms with E-state index in [1.807, 2.05) is 0 Å². The first kappa shape index (κ1) is 22.1. The van der Waals surface area contributed by atoms with Crippen molar-refractivity contribution in [3.05, 3.63) is 0 Å². The molecule has 0 aromatic heterocycles. The highest BCUT2D eigenvalue weighted by Gasteiger charge is 2.50. The molecule has 3 unspecified atom stereocenters. The summed E-state index contributed by atoms with van der Waals surface area (Å²) < 4.78 is 0. The Kier molecular flexibility index (Phi) is 6.58. The van der Waals surface area contributed by atoms with Gasteiger partial charge in [0.05, 0.1) is 17.1 Å². The summed E-state index contributed by atoms with van der Waals surface area (Å²) in [5.74, 6) is 1.94. The van der Waals surface area contributed by atoms with E-state index in [0.29, 0.717) is 23.7 Å². The maximum absolute atomic E-state index is 4.70. The van der Waals surface area contributed by atoms with Crippen molar-refractivity contribution < 1.29 is 0 Å². The van der Waals surface area contributed by atoms with Crippen molar-refractivity contribution in [3.63, 3.8) is 0 Å². The molecule has 0 saturated heterocycles. The minimum atomic E-state index is -0.0120. The maximum atomic E-state index is 4.70. The molecular weight excluding hydrogens is 336 g/mol. The minimum Gasteiger partial charge on any atom is -0.271 e. The fourth-order valence-electron chi connectivity index (χ4n) is 4.92. The van der Waals surface area contributed by atoms with Gasteiger partial charge in [-0.05, 0) is 50.9 Å². The lowest BCUT2D eigenvalue weighted by atomic mass is 9.74. The quantitative estimate of drug-likeness (QED) is 0.550. The molecular formula is C21H42N6. The van der Waals surface area contributed by atoms with Crippen LogP contribution in [0.3, 0.4) is 0 Å². The van der Waals surface area contributed by atoms with Gasteiger partial charge in [-0.15, -0.1) is 0 Å². The highest BCUT2D eigenvalue weighted by Crippen LogP contribution is 2.42. The van der Waals surface area contributed by atoms with Gasteiger partial charge in [-0.2, -0.15) is 10.2 Å². The van der Waals surface area contributed by atoms with Gasteiger partial charge in [-0.1, -0.05) is 58.9 Å². The molecule has 156 valence electrons. The molecule has 0 amide bonds. The van der Waals surface area contributed by atoms with E-state index in [-0.39, 0.29) is 23.2 Å². The lowest BCUT2D eigenvalue weighted by molar-refractivity contribution is 0.0416. The summed E-state index contributed by atoms with van der Waals surface area (Å²) in [6.07, 6.45) is 1.05. The van der Waals surface area contributed by atoms with Crippen LogP contribution < -0.4 is 0 Å². The van der Waals surface area contributed by atoms with Crippen LogP contribution in [-0.4, -0.2) is 46.3 Å². The molecule has 0 aromatic rings. The normalized spacial score (nSPS) is 34.7. The molecule has 0 saturated carbocycles. The molecule has 0 aliphatic carbocycles. The van der Waals surface area contributed by atoms with Crippen LogP contribution in [0.25, 0.3) is 0 Å². The minimum absolute atomic E-state index is 0.0114. The molecule has 27 heavy (non-hydrogen) atoms. The van der Waals surface area contributed by atoms with Crippen LogP contribution in [0.1, 0.15) is 75.7 Å². The largest absolute Gasteiger partial charge is 0.271 e. The van der Waals surface area contributed by atoms with Crippen LogP contribution in [0.15, 0.2) is 20.7 Å². The van der Waals surface area contributed by atoms with Crippen LogP contribution in [-0.2, 0) is 0 Å². The van der Waals surface area contributed by atoms with Crippen molar-refractivity contribution in [1.82, 2.24) is 10.0 Å². The van der Waals surface area contributed by atoms with Gasteiger partial charge in [0.1, 0.15) is 6.04 Å². The molecule has 6 heteroatoms. The van der Waals surface area contributed by atoms with Crippen LogP contribution in [0.4, 0.5) is 0 Å². The molecule has 5 atom stereocenters. The zero-order valence-corrected chi connectivity index (χ0v) is 19.3. The van der Waals surface area contributed by atoms with E-state index in [9.17, 15) is 0 Å². The summed E-state index contributed by atoms with van der Waals surface area (Å²) in [7, 11) is 0. The third-order valence-electron chi connectivity index (χ3n) is 7.48. The van der Waals surface area contributed by atoms with E-state index in [1.165, 1.54) is 0 Å². The summed E-state index contributed by atoms with van der Waals surface area (Å²) in [6, 6.07) is 0.485. The second-order valence-corrected chi connectivity index (χ2v) is 9.91. The average Bonchev–Trinajstić information content (AvgIpc) is 3.11. The molecule has 0 N–H and O–H groups in total. The predicted molar refractivity (Wildman–Crippen MR) is 111 cm³/mol. The van der Waals surface area contributed by atoms with E-state index in [2.05, 4.69) is 94.8 Å². The van der Waals surface area contributed by atoms with Crippen molar-refractivity contribution >= 4 is 0 Å². The summed E-state index contributed by atoms with van der Waals surface area (Å²) in [4.78, 5) is 0. The van der Waals surface area contributed by atoms with Crippen molar-refractivity contribution in [2.75, 3.05) is 13.1 Å². The molecule has 0 radical (unpaired) electrons. The topological polar surface area (TPSA) is 55.9 Å². The fourth-order valence-corrected chi connectivity index (χ4v) is 4.92. The Hall–Kier alpha value is -1.20. The molecule has 2 rings (SSSR count). The lowest BCUT2D eigenvalue weighted by Gasteiger charge is -2.43. The fraction of sp³-hybridized carbons (Fsp3) is 1.00.